The van der Waals surface area contributed by atoms with Crippen LogP contribution in [0.2, 0.25) is 0 Å². The Bertz CT molecular complexity index is 829. The molecule has 2 atom stereocenters. The molecular formula is C21H23N3O4. The van der Waals surface area contributed by atoms with Gasteiger partial charge in [0, 0.05) is 25.8 Å². The lowest BCUT2D eigenvalue weighted by molar-refractivity contribution is -0.132. The highest BCUT2D eigenvalue weighted by Gasteiger charge is 2.31. The van der Waals surface area contributed by atoms with E-state index in [1.807, 2.05) is 54.6 Å². The molecule has 0 fully saturated rings. The summed E-state index contributed by atoms with van der Waals surface area (Å²) in [6.07, 6.45) is 0.158. The molecule has 0 spiro atoms. The third-order valence-electron chi connectivity index (χ3n) is 4.53. The lowest BCUT2D eigenvalue weighted by atomic mass is 10.0. The summed E-state index contributed by atoms with van der Waals surface area (Å²) >= 11 is 0. The summed E-state index contributed by atoms with van der Waals surface area (Å²) in [4.78, 5) is 36.2. The van der Waals surface area contributed by atoms with Crippen LogP contribution < -0.4 is 21.1 Å². The highest BCUT2D eigenvalue weighted by Crippen LogP contribution is 2.28. The van der Waals surface area contributed by atoms with Gasteiger partial charge in [-0.15, -0.1) is 0 Å². The van der Waals surface area contributed by atoms with Crippen LogP contribution in [0.1, 0.15) is 17.5 Å². The summed E-state index contributed by atoms with van der Waals surface area (Å²) in [6, 6.07) is 16.1. The van der Waals surface area contributed by atoms with Gasteiger partial charge in [0.05, 0.1) is 0 Å². The third kappa shape index (κ3) is 5.09. The standard InChI is InChI=1S/C21H23N3O4/c22-19(25)10-11-23-20(26)16(12-14-6-2-1-3-7-14)24-21(27)18-13-15-8-4-5-9-17(15)28-18/h1-9,16,18H,10-13H2,(H2,22,25)(H,23,26)(H,24,27). The second kappa shape index (κ2) is 9.03. The number of nitrogens with one attached hydrogen (secondary N) is 2. The second-order valence-electron chi connectivity index (χ2n) is 6.68. The van der Waals surface area contributed by atoms with Crippen LogP contribution in [-0.4, -0.2) is 36.4 Å². The number of hydrogen-bond acceptors (Lipinski definition) is 4. The molecule has 2 aromatic carbocycles. The normalized spacial score (nSPS) is 15.8. The molecular weight excluding hydrogens is 358 g/mol. The van der Waals surface area contributed by atoms with Gasteiger partial charge in [0.15, 0.2) is 6.10 Å². The van der Waals surface area contributed by atoms with Crippen molar-refractivity contribution in [2.75, 3.05) is 6.54 Å². The van der Waals surface area contributed by atoms with Crippen molar-refractivity contribution >= 4 is 17.7 Å². The summed E-state index contributed by atoms with van der Waals surface area (Å²) in [5.41, 5.74) is 6.98. The Kier molecular flexibility index (Phi) is 6.26. The number of carbonyl (C=O) groups is 3. The zero-order valence-corrected chi connectivity index (χ0v) is 15.4. The number of para-hydroxylation sites is 1. The van der Waals surface area contributed by atoms with E-state index in [0.29, 0.717) is 18.6 Å². The Balaban J connectivity index is 1.65. The van der Waals surface area contributed by atoms with Crippen molar-refractivity contribution in [3.8, 4) is 5.75 Å². The highest BCUT2D eigenvalue weighted by atomic mass is 16.5. The number of primary amides is 1. The van der Waals surface area contributed by atoms with E-state index in [1.54, 1.807) is 0 Å². The Morgan fingerprint density at radius 2 is 1.79 bits per heavy atom. The zero-order chi connectivity index (χ0) is 19.9. The van der Waals surface area contributed by atoms with Gasteiger partial charge in [-0.3, -0.25) is 14.4 Å². The predicted molar refractivity (Wildman–Crippen MR) is 103 cm³/mol. The number of benzene rings is 2. The SMILES string of the molecule is NC(=O)CCNC(=O)C(Cc1ccccc1)NC(=O)C1Cc2ccccc2O1. The van der Waals surface area contributed by atoms with Gasteiger partial charge in [0.25, 0.3) is 5.91 Å². The van der Waals surface area contributed by atoms with Crippen LogP contribution >= 0.6 is 0 Å². The molecule has 0 bridgehead atoms. The fourth-order valence-electron chi connectivity index (χ4n) is 3.08. The van der Waals surface area contributed by atoms with Crippen molar-refractivity contribution in [3.63, 3.8) is 0 Å². The fourth-order valence-corrected chi connectivity index (χ4v) is 3.08. The monoisotopic (exact) mass is 381 g/mol. The van der Waals surface area contributed by atoms with Crippen LogP contribution in [0, 0.1) is 0 Å². The molecule has 0 saturated heterocycles. The lowest BCUT2D eigenvalue weighted by Gasteiger charge is -2.20. The zero-order valence-electron chi connectivity index (χ0n) is 15.4. The first-order valence-corrected chi connectivity index (χ1v) is 9.18. The molecule has 7 heteroatoms. The Hall–Kier alpha value is -3.35. The number of nitrogens with two attached hydrogens (primary N) is 1. The van der Waals surface area contributed by atoms with Crippen molar-refractivity contribution in [3.05, 3.63) is 65.7 Å². The number of carbonyl (C=O) groups excluding carboxylic acids is 3. The number of rotatable bonds is 8. The van der Waals surface area contributed by atoms with Gasteiger partial charge in [-0.1, -0.05) is 48.5 Å². The smallest absolute Gasteiger partial charge is 0.262 e. The number of ether oxygens (including phenoxy) is 1. The van der Waals surface area contributed by atoms with Crippen molar-refractivity contribution < 1.29 is 19.1 Å². The average Bonchev–Trinajstić information content (AvgIpc) is 3.12. The highest BCUT2D eigenvalue weighted by molar-refractivity contribution is 5.90. The quantitative estimate of drug-likeness (QED) is 0.625. The van der Waals surface area contributed by atoms with Crippen molar-refractivity contribution in [2.45, 2.75) is 31.4 Å². The molecule has 0 saturated carbocycles. The Morgan fingerprint density at radius 1 is 1.07 bits per heavy atom. The number of amides is 3. The van der Waals surface area contributed by atoms with Gasteiger partial charge in [0.1, 0.15) is 11.8 Å². The first-order chi connectivity index (χ1) is 13.5. The average molecular weight is 381 g/mol. The molecule has 146 valence electrons. The molecule has 1 aliphatic rings. The molecule has 3 amide bonds. The summed E-state index contributed by atoms with van der Waals surface area (Å²) < 4.78 is 5.71. The van der Waals surface area contributed by atoms with Crippen LogP contribution in [0.15, 0.2) is 54.6 Å². The van der Waals surface area contributed by atoms with Crippen molar-refractivity contribution in [1.29, 1.82) is 0 Å². The maximum atomic E-state index is 12.7. The van der Waals surface area contributed by atoms with Gasteiger partial charge in [-0.25, -0.2) is 0 Å². The second-order valence-corrected chi connectivity index (χ2v) is 6.68. The largest absolute Gasteiger partial charge is 0.480 e. The molecule has 0 radical (unpaired) electrons. The van der Waals surface area contributed by atoms with E-state index < -0.39 is 18.1 Å². The first kappa shape index (κ1) is 19.4. The van der Waals surface area contributed by atoms with Gasteiger partial charge >= 0.3 is 0 Å². The summed E-state index contributed by atoms with van der Waals surface area (Å²) in [5.74, 6) is -0.523. The molecule has 2 unspecified atom stereocenters. The van der Waals surface area contributed by atoms with Crippen molar-refractivity contribution in [1.82, 2.24) is 10.6 Å². The van der Waals surface area contributed by atoms with E-state index >= 15 is 0 Å². The predicted octanol–water partition coefficient (Wildman–Crippen LogP) is 0.709. The Labute approximate surface area is 163 Å². The number of hydrogen-bond donors (Lipinski definition) is 3. The minimum Gasteiger partial charge on any atom is -0.480 e. The van der Waals surface area contributed by atoms with Gasteiger partial charge in [0.2, 0.25) is 11.8 Å². The van der Waals surface area contributed by atoms with Crippen LogP contribution in [0.3, 0.4) is 0 Å². The number of fused-ring (bicyclic) bond motifs is 1. The topological polar surface area (TPSA) is 111 Å². The van der Waals surface area contributed by atoms with Gasteiger partial charge in [-0.05, 0) is 17.2 Å². The van der Waals surface area contributed by atoms with Gasteiger partial charge < -0.3 is 21.1 Å². The van der Waals surface area contributed by atoms with Crippen LogP contribution in [0.25, 0.3) is 0 Å². The lowest BCUT2D eigenvalue weighted by Crippen LogP contribution is -2.51. The van der Waals surface area contributed by atoms with Crippen LogP contribution in [0.4, 0.5) is 0 Å². The van der Waals surface area contributed by atoms with Crippen LogP contribution in [0.5, 0.6) is 5.75 Å². The molecule has 3 rings (SSSR count). The summed E-state index contributed by atoms with van der Waals surface area (Å²) in [7, 11) is 0. The molecule has 4 N–H and O–H groups in total. The van der Waals surface area contributed by atoms with E-state index in [-0.39, 0.29) is 24.8 Å². The Morgan fingerprint density at radius 3 is 2.50 bits per heavy atom. The van der Waals surface area contributed by atoms with Gasteiger partial charge in [-0.2, -0.15) is 0 Å². The summed E-state index contributed by atoms with van der Waals surface area (Å²) in [5, 5.41) is 5.44. The molecule has 2 aromatic rings. The molecule has 28 heavy (non-hydrogen) atoms. The van der Waals surface area contributed by atoms with E-state index in [0.717, 1.165) is 11.1 Å². The molecule has 0 aromatic heterocycles. The van der Waals surface area contributed by atoms with E-state index in [4.69, 9.17) is 10.5 Å². The third-order valence-corrected chi connectivity index (χ3v) is 4.53. The molecule has 1 heterocycles. The summed E-state index contributed by atoms with van der Waals surface area (Å²) in [6.45, 7) is 0.126. The van der Waals surface area contributed by atoms with E-state index in [1.165, 1.54) is 0 Å². The molecule has 1 aliphatic heterocycles. The molecule has 0 aliphatic carbocycles. The molecule has 7 nitrogen and oxygen atoms in total. The minimum absolute atomic E-state index is 0.0405. The maximum absolute atomic E-state index is 12.7. The van der Waals surface area contributed by atoms with Crippen LogP contribution in [-0.2, 0) is 27.2 Å². The van der Waals surface area contributed by atoms with Crippen molar-refractivity contribution in [2.24, 2.45) is 5.73 Å². The maximum Gasteiger partial charge on any atom is 0.262 e. The van der Waals surface area contributed by atoms with E-state index in [9.17, 15) is 14.4 Å². The fraction of sp³-hybridized carbons (Fsp3) is 0.286. The minimum atomic E-state index is -0.782. The first-order valence-electron chi connectivity index (χ1n) is 9.18. The van der Waals surface area contributed by atoms with E-state index in [2.05, 4.69) is 10.6 Å².